The topological polar surface area (TPSA) is 0 Å². The van der Waals surface area contributed by atoms with Gasteiger partial charge in [0, 0.05) is 15.1 Å². The monoisotopic (exact) mass is 322 g/mol. The lowest BCUT2D eigenvalue weighted by Gasteiger charge is -2.16. The third-order valence-corrected chi connectivity index (χ3v) is 3.94. The summed E-state index contributed by atoms with van der Waals surface area (Å²) in [5.74, 6) is 0. The highest BCUT2D eigenvalue weighted by molar-refractivity contribution is 9.10. The lowest BCUT2D eigenvalue weighted by atomic mass is 9.92. The van der Waals surface area contributed by atoms with E-state index in [-0.39, 0.29) is 0 Å². The first-order valence-corrected chi connectivity index (χ1v) is 7.11. The summed E-state index contributed by atoms with van der Waals surface area (Å²) in [4.78, 5) is 0. The molecule has 0 heterocycles. The van der Waals surface area contributed by atoms with Crippen LogP contribution in [0.4, 0.5) is 0 Å². The van der Waals surface area contributed by atoms with Gasteiger partial charge in [0.1, 0.15) is 0 Å². The molecule has 0 N–H and O–H groups in total. The fourth-order valence-electron chi connectivity index (χ4n) is 2.54. The maximum atomic E-state index is 6.44. The van der Waals surface area contributed by atoms with Crippen LogP contribution < -0.4 is 0 Å². The molecule has 0 aliphatic carbocycles. The summed E-state index contributed by atoms with van der Waals surface area (Å²) in [6, 6.07) is 8.49. The lowest BCUT2D eigenvalue weighted by Crippen LogP contribution is -1.93. The summed E-state index contributed by atoms with van der Waals surface area (Å²) in [5, 5.41) is 0.834. The van der Waals surface area contributed by atoms with Gasteiger partial charge in [-0.15, -0.1) is 0 Å². The molecule has 0 bridgehead atoms. The standard InChI is InChI=1S/C16H16BrCl/c1-9-5-10(2)16(14(18)6-9)15-11(3)7-13(17)8-12(15)4/h5-8H,1-4H3. The van der Waals surface area contributed by atoms with E-state index in [0.29, 0.717) is 0 Å². The molecule has 0 atom stereocenters. The van der Waals surface area contributed by atoms with Crippen LogP contribution in [0.5, 0.6) is 0 Å². The van der Waals surface area contributed by atoms with Crippen LogP contribution in [0.25, 0.3) is 11.1 Å². The number of rotatable bonds is 1. The Morgan fingerprint density at radius 1 is 0.778 bits per heavy atom. The zero-order chi connectivity index (χ0) is 13.4. The molecule has 0 fully saturated rings. The van der Waals surface area contributed by atoms with Crippen LogP contribution >= 0.6 is 27.5 Å². The fourth-order valence-corrected chi connectivity index (χ4v) is 3.64. The second-order valence-electron chi connectivity index (χ2n) is 4.85. The third kappa shape index (κ3) is 2.48. The first-order valence-electron chi connectivity index (χ1n) is 5.94. The van der Waals surface area contributed by atoms with Gasteiger partial charge in [-0.3, -0.25) is 0 Å². The van der Waals surface area contributed by atoms with Crippen LogP contribution in [0.3, 0.4) is 0 Å². The van der Waals surface area contributed by atoms with Crippen LogP contribution in [0.2, 0.25) is 5.02 Å². The van der Waals surface area contributed by atoms with E-state index in [1.807, 2.05) is 6.07 Å². The van der Waals surface area contributed by atoms with Gasteiger partial charge in [-0.25, -0.2) is 0 Å². The predicted octanol–water partition coefficient (Wildman–Crippen LogP) is 6.00. The minimum absolute atomic E-state index is 0.834. The van der Waals surface area contributed by atoms with Gasteiger partial charge in [0.05, 0.1) is 0 Å². The van der Waals surface area contributed by atoms with Crippen LogP contribution in [0.15, 0.2) is 28.7 Å². The van der Waals surface area contributed by atoms with Gasteiger partial charge in [-0.2, -0.15) is 0 Å². The van der Waals surface area contributed by atoms with Crippen molar-refractivity contribution in [3.63, 3.8) is 0 Å². The molecule has 18 heavy (non-hydrogen) atoms. The second kappa shape index (κ2) is 5.07. The quantitative estimate of drug-likeness (QED) is 0.603. The molecule has 0 nitrogen and oxygen atoms in total. The van der Waals surface area contributed by atoms with Crippen molar-refractivity contribution in [2.24, 2.45) is 0 Å². The van der Waals surface area contributed by atoms with Gasteiger partial charge in [0.2, 0.25) is 0 Å². The van der Waals surface area contributed by atoms with Gasteiger partial charge in [0.25, 0.3) is 0 Å². The summed E-state index contributed by atoms with van der Waals surface area (Å²) in [7, 11) is 0. The molecule has 94 valence electrons. The third-order valence-electron chi connectivity index (χ3n) is 3.18. The number of benzene rings is 2. The maximum absolute atomic E-state index is 6.44. The van der Waals surface area contributed by atoms with Gasteiger partial charge < -0.3 is 0 Å². The zero-order valence-electron chi connectivity index (χ0n) is 11.1. The highest BCUT2D eigenvalue weighted by atomic mass is 79.9. The average molecular weight is 324 g/mol. The molecule has 2 aromatic rings. The Morgan fingerprint density at radius 2 is 1.28 bits per heavy atom. The van der Waals surface area contributed by atoms with E-state index in [0.717, 1.165) is 15.1 Å². The van der Waals surface area contributed by atoms with Gasteiger partial charge in [-0.05, 0) is 73.7 Å². The molecular formula is C16H16BrCl. The fraction of sp³-hybridized carbons (Fsp3) is 0.250. The minimum atomic E-state index is 0.834. The zero-order valence-corrected chi connectivity index (χ0v) is 13.4. The predicted molar refractivity (Wildman–Crippen MR) is 83.5 cm³/mol. The minimum Gasteiger partial charge on any atom is -0.0836 e. The Morgan fingerprint density at radius 3 is 1.78 bits per heavy atom. The molecule has 0 aliphatic heterocycles. The molecule has 0 unspecified atom stereocenters. The van der Waals surface area contributed by atoms with E-state index >= 15 is 0 Å². The Labute approximate surface area is 122 Å². The van der Waals surface area contributed by atoms with Crippen molar-refractivity contribution >= 4 is 27.5 Å². The van der Waals surface area contributed by atoms with Crippen LogP contribution in [0.1, 0.15) is 22.3 Å². The summed E-state index contributed by atoms with van der Waals surface area (Å²) in [6.07, 6.45) is 0. The number of aryl methyl sites for hydroxylation is 4. The first kappa shape index (κ1) is 13.6. The van der Waals surface area contributed by atoms with Crippen LogP contribution in [-0.4, -0.2) is 0 Å². The molecule has 0 saturated carbocycles. The largest absolute Gasteiger partial charge is 0.0836 e. The van der Waals surface area contributed by atoms with E-state index in [1.54, 1.807) is 0 Å². The number of hydrogen-bond donors (Lipinski definition) is 0. The molecule has 0 spiro atoms. The van der Waals surface area contributed by atoms with E-state index in [1.165, 1.54) is 27.8 Å². The number of halogens is 2. The Kier molecular flexibility index (Phi) is 3.84. The summed E-state index contributed by atoms with van der Waals surface area (Å²) in [6.45, 7) is 8.45. The molecule has 0 saturated heterocycles. The normalized spacial score (nSPS) is 10.8. The lowest BCUT2D eigenvalue weighted by molar-refractivity contribution is 1.32. The Bertz CT molecular complexity index is 513. The number of hydrogen-bond acceptors (Lipinski definition) is 0. The van der Waals surface area contributed by atoms with Crippen LogP contribution in [0, 0.1) is 27.7 Å². The smallest absolute Gasteiger partial charge is 0.0489 e. The SMILES string of the molecule is Cc1cc(C)c(-c2c(C)cc(Br)cc2C)c(Cl)c1. The molecule has 2 aromatic carbocycles. The second-order valence-corrected chi connectivity index (χ2v) is 6.18. The Balaban J connectivity index is 2.78. The van der Waals surface area contributed by atoms with E-state index in [2.05, 4.69) is 61.8 Å². The summed E-state index contributed by atoms with van der Waals surface area (Å²) < 4.78 is 1.11. The maximum Gasteiger partial charge on any atom is 0.0489 e. The van der Waals surface area contributed by atoms with Crippen molar-refractivity contribution in [3.05, 3.63) is 56.0 Å². The molecule has 0 aromatic heterocycles. The molecule has 0 amide bonds. The molecule has 0 radical (unpaired) electrons. The van der Waals surface area contributed by atoms with Gasteiger partial charge in [-0.1, -0.05) is 33.6 Å². The summed E-state index contributed by atoms with van der Waals surface area (Å²) in [5.41, 5.74) is 7.33. The van der Waals surface area contributed by atoms with Crippen molar-refractivity contribution in [2.45, 2.75) is 27.7 Å². The molecule has 2 heteroatoms. The van der Waals surface area contributed by atoms with E-state index in [9.17, 15) is 0 Å². The van der Waals surface area contributed by atoms with Crippen molar-refractivity contribution < 1.29 is 0 Å². The average Bonchev–Trinajstić information content (AvgIpc) is 2.20. The highest BCUT2D eigenvalue weighted by Gasteiger charge is 2.13. The van der Waals surface area contributed by atoms with E-state index < -0.39 is 0 Å². The van der Waals surface area contributed by atoms with Gasteiger partial charge >= 0.3 is 0 Å². The first-order chi connectivity index (χ1) is 8.40. The van der Waals surface area contributed by atoms with Crippen molar-refractivity contribution in [1.82, 2.24) is 0 Å². The molecule has 2 rings (SSSR count). The molecule has 0 aliphatic rings. The Hall–Kier alpha value is -0.790. The molecular weight excluding hydrogens is 308 g/mol. The van der Waals surface area contributed by atoms with E-state index in [4.69, 9.17) is 11.6 Å². The van der Waals surface area contributed by atoms with Crippen molar-refractivity contribution in [2.75, 3.05) is 0 Å². The summed E-state index contributed by atoms with van der Waals surface area (Å²) >= 11 is 9.98. The highest BCUT2D eigenvalue weighted by Crippen LogP contribution is 2.37. The van der Waals surface area contributed by atoms with Crippen molar-refractivity contribution in [3.8, 4) is 11.1 Å². The van der Waals surface area contributed by atoms with Gasteiger partial charge in [0.15, 0.2) is 0 Å². The van der Waals surface area contributed by atoms with Crippen LogP contribution in [-0.2, 0) is 0 Å². The van der Waals surface area contributed by atoms with Crippen molar-refractivity contribution in [1.29, 1.82) is 0 Å².